The Kier molecular flexibility index (Phi) is 6.41. The van der Waals surface area contributed by atoms with Crippen LogP contribution in [0.4, 0.5) is 18.9 Å². The Hall–Kier alpha value is -2.62. The number of alkyl halides is 3. The molecular weight excluding hydrogens is 447 g/mol. The number of carbonyl (C=O) groups excluding carboxylic acids is 2. The van der Waals surface area contributed by atoms with Crippen LogP contribution in [0.15, 0.2) is 48.5 Å². The van der Waals surface area contributed by atoms with Crippen molar-refractivity contribution < 1.29 is 27.5 Å². The van der Waals surface area contributed by atoms with E-state index in [1.165, 1.54) is 12.1 Å². The summed E-state index contributed by atoms with van der Waals surface area (Å²) >= 11 is 5.93. The van der Waals surface area contributed by atoms with E-state index in [1.807, 2.05) is 29.2 Å². The Morgan fingerprint density at radius 3 is 2.16 bits per heavy atom. The second kappa shape index (κ2) is 9.09. The maximum absolute atomic E-state index is 13.0. The van der Waals surface area contributed by atoms with E-state index >= 15 is 0 Å². The zero-order valence-corrected chi connectivity index (χ0v) is 17.8. The van der Waals surface area contributed by atoms with Gasteiger partial charge in [-0.1, -0.05) is 23.7 Å². The summed E-state index contributed by atoms with van der Waals surface area (Å²) in [4.78, 5) is 30.8. The van der Waals surface area contributed by atoms with E-state index in [2.05, 4.69) is 9.64 Å². The number of benzene rings is 2. The number of carbonyl (C=O) groups is 2. The minimum Gasteiger partial charge on any atom is -0.406 e. The van der Waals surface area contributed by atoms with Gasteiger partial charge in [0, 0.05) is 37.7 Å². The first-order chi connectivity index (χ1) is 15.2. The summed E-state index contributed by atoms with van der Waals surface area (Å²) in [6, 6.07) is 11.9. The van der Waals surface area contributed by atoms with Gasteiger partial charge in [-0.15, -0.1) is 13.2 Å². The molecule has 2 saturated heterocycles. The molecule has 2 aliphatic rings. The van der Waals surface area contributed by atoms with Gasteiger partial charge >= 0.3 is 6.36 Å². The zero-order chi connectivity index (χ0) is 22.9. The summed E-state index contributed by atoms with van der Waals surface area (Å²) < 4.78 is 40.8. The quantitative estimate of drug-likeness (QED) is 0.628. The number of hydrogen-bond donors (Lipinski definition) is 0. The van der Waals surface area contributed by atoms with E-state index in [0.29, 0.717) is 18.1 Å². The number of halogens is 4. The van der Waals surface area contributed by atoms with Crippen molar-refractivity contribution in [1.29, 1.82) is 0 Å². The number of imide groups is 1. The molecule has 0 spiro atoms. The van der Waals surface area contributed by atoms with Crippen molar-refractivity contribution in [2.45, 2.75) is 25.4 Å². The molecule has 0 radical (unpaired) electrons. The van der Waals surface area contributed by atoms with Crippen molar-refractivity contribution in [3.63, 3.8) is 0 Å². The van der Waals surface area contributed by atoms with Crippen molar-refractivity contribution in [3.05, 3.63) is 59.1 Å². The van der Waals surface area contributed by atoms with E-state index in [1.54, 1.807) is 0 Å². The molecule has 0 aromatic heterocycles. The Balaban J connectivity index is 1.35. The normalized spacial score (nSPS) is 20.8. The van der Waals surface area contributed by atoms with Gasteiger partial charge in [-0.2, -0.15) is 0 Å². The molecule has 1 atom stereocenters. The van der Waals surface area contributed by atoms with Gasteiger partial charge < -0.3 is 4.74 Å². The summed E-state index contributed by atoms with van der Waals surface area (Å²) in [6.45, 7) is 3.57. The number of rotatable bonds is 5. The lowest BCUT2D eigenvalue weighted by Crippen LogP contribution is -2.52. The van der Waals surface area contributed by atoms with E-state index < -0.39 is 18.2 Å². The first-order valence-electron chi connectivity index (χ1n) is 10.1. The van der Waals surface area contributed by atoms with Crippen LogP contribution in [0.1, 0.15) is 12.0 Å². The summed E-state index contributed by atoms with van der Waals surface area (Å²) in [6.07, 6.45) is -4.75. The number of nitrogens with zero attached hydrogens (tertiary/aromatic N) is 3. The molecule has 170 valence electrons. The van der Waals surface area contributed by atoms with Crippen LogP contribution >= 0.6 is 11.6 Å². The molecular formula is C22H21ClF3N3O3. The van der Waals surface area contributed by atoms with Crippen LogP contribution in [0.5, 0.6) is 5.75 Å². The lowest BCUT2D eigenvalue weighted by Gasteiger charge is -2.37. The average Bonchev–Trinajstić information content (AvgIpc) is 3.04. The predicted molar refractivity (Wildman–Crippen MR) is 112 cm³/mol. The van der Waals surface area contributed by atoms with Crippen LogP contribution in [0.2, 0.25) is 5.02 Å². The van der Waals surface area contributed by atoms with E-state index in [9.17, 15) is 22.8 Å². The molecule has 2 aliphatic heterocycles. The smallest absolute Gasteiger partial charge is 0.406 e. The Morgan fingerprint density at radius 2 is 1.56 bits per heavy atom. The third kappa shape index (κ3) is 5.23. The fourth-order valence-corrected chi connectivity index (χ4v) is 4.18. The molecule has 2 aromatic rings. The fraction of sp³-hybridized carbons (Fsp3) is 0.364. The van der Waals surface area contributed by atoms with Gasteiger partial charge in [-0.25, -0.2) is 4.90 Å². The SMILES string of the molecule is O=C1C[C@@H](N2CCN(Cc3ccc(Cl)cc3)CC2)C(=O)N1c1ccc(OC(F)(F)F)cc1. The van der Waals surface area contributed by atoms with E-state index in [4.69, 9.17) is 11.6 Å². The molecule has 0 unspecified atom stereocenters. The lowest BCUT2D eigenvalue weighted by atomic mass is 10.1. The van der Waals surface area contributed by atoms with Crippen LogP contribution in [-0.2, 0) is 16.1 Å². The second-order valence-electron chi connectivity index (χ2n) is 7.77. The predicted octanol–water partition coefficient (Wildman–Crippen LogP) is 3.69. The van der Waals surface area contributed by atoms with Crippen LogP contribution in [0.25, 0.3) is 0 Å². The van der Waals surface area contributed by atoms with Crippen molar-refractivity contribution in [3.8, 4) is 5.75 Å². The minimum atomic E-state index is -4.80. The van der Waals surface area contributed by atoms with Crippen molar-refractivity contribution in [1.82, 2.24) is 9.80 Å². The standard InChI is InChI=1S/C22H21ClF3N3O3/c23-16-3-1-15(2-4-16)14-27-9-11-28(12-10-27)19-13-20(30)29(21(19)31)17-5-7-18(8-6-17)32-22(24,25)26/h1-8,19H,9-14H2/t19-/m1/s1. The Morgan fingerprint density at radius 1 is 0.938 bits per heavy atom. The van der Waals surface area contributed by atoms with Gasteiger partial charge in [0.1, 0.15) is 5.75 Å². The monoisotopic (exact) mass is 467 g/mol. The van der Waals surface area contributed by atoms with Gasteiger partial charge in [0.05, 0.1) is 18.2 Å². The van der Waals surface area contributed by atoms with Crippen LogP contribution < -0.4 is 9.64 Å². The average molecular weight is 468 g/mol. The summed E-state index contributed by atoms with van der Waals surface area (Å²) in [7, 11) is 0. The number of anilines is 1. The van der Waals surface area contributed by atoms with Gasteiger partial charge in [-0.3, -0.25) is 19.4 Å². The Labute approximate surface area is 188 Å². The van der Waals surface area contributed by atoms with Crippen molar-refractivity contribution in [2.24, 2.45) is 0 Å². The van der Waals surface area contributed by atoms with Gasteiger partial charge in [0.15, 0.2) is 0 Å². The third-order valence-corrected chi connectivity index (χ3v) is 5.87. The molecule has 6 nitrogen and oxygen atoms in total. The lowest BCUT2D eigenvalue weighted by molar-refractivity contribution is -0.274. The molecule has 0 bridgehead atoms. The molecule has 0 N–H and O–H groups in total. The topological polar surface area (TPSA) is 53.1 Å². The van der Waals surface area contributed by atoms with E-state index in [0.717, 1.165) is 42.2 Å². The molecule has 32 heavy (non-hydrogen) atoms. The summed E-state index contributed by atoms with van der Waals surface area (Å²) in [5, 5.41) is 0.690. The molecule has 2 fully saturated rings. The molecule has 2 heterocycles. The second-order valence-corrected chi connectivity index (χ2v) is 8.20. The highest BCUT2D eigenvalue weighted by Crippen LogP contribution is 2.30. The number of piperazine rings is 1. The number of ether oxygens (including phenoxy) is 1. The Bertz CT molecular complexity index is 975. The number of amides is 2. The molecule has 0 saturated carbocycles. The van der Waals surface area contributed by atoms with E-state index in [-0.39, 0.29) is 23.9 Å². The molecule has 4 rings (SSSR count). The molecule has 0 aliphatic carbocycles. The van der Waals surface area contributed by atoms with Crippen LogP contribution in [-0.4, -0.2) is 60.2 Å². The van der Waals surface area contributed by atoms with Gasteiger partial charge in [0.25, 0.3) is 5.91 Å². The highest BCUT2D eigenvalue weighted by Gasteiger charge is 2.43. The van der Waals surface area contributed by atoms with Crippen molar-refractivity contribution in [2.75, 3.05) is 31.1 Å². The molecule has 10 heteroatoms. The fourth-order valence-electron chi connectivity index (χ4n) is 4.05. The third-order valence-electron chi connectivity index (χ3n) is 5.62. The summed E-state index contributed by atoms with van der Waals surface area (Å²) in [5.74, 6) is -1.13. The highest BCUT2D eigenvalue weighted by atomic mass is 35.5. The van der Waals surface area contributed by atoms with Gasteiger partial charge in [-0.05, 0) is 42.0 Å². The zero-order valence-electron chi connectivity index (χ0n) is 17.0. The first-order valence-corrected chi connectivity index (χ1v) is 10.5. The van der Waals surface area contributed by atoms with Crippen molar-refractivity contribution >= 4 is 29.1 Å². The van der Waals surface area contributed by atoms with Crippen LogP contribution in [0, 0.1) is 0 Å². The first kappa shape index (κ1) is 22.6. The maximum atomic E-state index is 13.0. The summed E-state index contributed by atoms with van der Waals surface area (Å²) in [5.41, 5.74) is 1.39. The number of hydrogen-bond acceptors (Lipinski definition) is 5. The highest BCUT2D eigenvalue weighted by molar-refractivity contribution is 6.30. The van der Waals surface area contributed by atoms with Gasteiger partial charge in [0.2, 0.25) is 5.91 Å². The largest absolute Gasteiger partial charge is 0.573 e. The van der Waals surface area contributed by atoms with Crippen LogP contribution in [0.3, 0.4) is 0 Å². The molecule has 2 aromatic carbocycles. The molecule has 2 amide bonds. The minimum absolute atomic E-state index is 0.0524. The maximum Gasteiger partial charge on any atom is 0.573 e.